The lowest BCUT2D eigenvalue weighted by atomic mass is 10.2. The Morgan fingerprint density at radius 3 is 2.83 bits per heavy atom. The third-order valence-electron chi connectivity index (χ3n) is 3.49. The van der Waals surface area contributed by atoms with Crippen LogP contribution in [0.4, 0.5) is 5.69 Å². The summed E-state index contributed by atoms with van der Waals surface area (Å²) in [6, 6.07) is 9.39. The average Bonchev–Trinajstić information content (AvgIpc) is 2.63. The molecule has 128 valence electrons. The molecule has 0 radical (unpaired) electrons. The standard InChI is InChI=1S/C18H23N3O3/c1-23-9-5-8-20-16-10-15(11-19-13-16)18(22)21-12-14-6-3-4-7-17(14)24-2/h3-4,6-7,10-11,13,20H,5,8-9,12H2,1-2H3,(H,21,22). The first kappa shape index (κ1) is 17.7. The van der Waals surface area contributed by atoms with Crippen molar-refractivity contribution in [2.45, 2.75) is 13.0 Å². The molecule has 0 spiro atoms. The van der Waals surface area contributed by atoms with Crippen molar-refractivity contribution in [1.29, 1.82) is 0 Å². The number of hydrogen-bond donors (Lipinski definition) is 2. The van der Waals surface area contributed by atoms with Gasteiger partial charge in [-0.1, -0.05) is 18.2 Å². The molecule has 0 unspecified atom stereocenters. The third kappa shape index (κ3) is 5.24. The highest BCUT2D eigenvalue weighted by Gasteiger charge is 2.08. The van der Waals surface area contributed by atoms with E-state index >= 15 is 0 Å². The molecule has 24 heavy (non-hydrogen) atoms. The predicted octanol–water partition coefficient (Wildman–Crippen LogP) is 2.47. The highest BCUT2D eigenvalue weighted by Crippen LogP contribution is 2.17. The van der Waals surface area contributed by atoms with E-state index in [0.29, 0.717) is 18.7 Å². The van der Waals surface area contributed by atoms with Gasteiger partial charge in [-0.2, -0.15) is 0 Å². The first-order chi connectivity index (χ1) is 11.7. The number of aromatic nitrogens is 1. The highest BCUT2D eigenvalue weighted by atomic mass is 16.5. The maximum absolute atomic E-state index is 12.3. The van der Waals surface area contributed by atoms with Gasteiger partial charge in [-0.15, -0.1) is 0 Å². The van der Waals surface area contributed by atoms with E-state index in [-0.39, 0.29) is 5.91 Å². The number of rotatable bonds is 9. The zero-order valence-corrected chi connectivity index (χ0v) is 14.0. The van der Waals surface area contributed by atoms with Crippen LogP contribution in [0.1, 0.15) is 22.3 Å². The van der Waals surface area contributed by atoms with Gasteiger partial charge in [0.15, 0.2) is 0 Å². The first-order valence-corrected chi connectivity index (χ1v) is 7.82. The summed E-state index contributed by atoms with van der Waals surface area (Å²) >= 11 is 0. The summed E-state index contributed by atoms with van der Waals surface area (Å²) in [6.45, 7) is 1.86. The molecule has 1 aromatic carbocycles. The molecule has 1 amide bonds. The summed E-state index contributed by atoms with van der Waals surface area (Å²) in [6.07, 6.45) is 4.14. The van der Waals surface area contributed by atoms with Crippen LogP contribution in [0.15, 0.2) is 42.7 Å². The molecule has 6 nitrogen and oxygen atoms in total. The maximum Gasteiger partial charge on any atom is 0.253 e. The quantitative estimate of drug-likeness (QED) is 0.692. The van der Waals surface area contributed by atoms with Gasteiger partial charge in [0.05, 0.1) is 18.4 Å². The van der Waals surface area contributed by atoms with Crippen molar-refractivity contribution in [1.82, 2.24) is 10.3 Å². The topological polar surface area (TPSA) is 72.5 Å². The number of hydrogen-bond acceptors (Lipinski definition) is 5. The molecule has 1 aromatic heterocycles. The lowest BCUT2D eigenvalue weighted by molar-refractivity contribution is 0.0950. The fourth-order valence-electron chi connectivity index (χ4n) is 2.24. The summed E-state index contributed by atoms with van der Waals surface area (Å²) in [5.74, 6) is 0.582. The lowest BCUT2D eigenvalue weighted by Crippen LogP contribution is -2.23. The van der Waals surface area contributed by atoms with Crippen LogP contribution in [0.3, 0.4) is 0 Å². The van der Waals surface area contributed by atoms with E-state index in [9.17, 15) is 4.79 Å². The number of benzene rings is 1. The SMILES string of the molecule is COCCCNc1cncc(C(=O)NCc2ccccc2OC)c1. The average molecular weight is 329 g/mol. The minimum Gasteiger partial charge on any atom is -0.496 e. The van der Waals surface area contributed by atoms with Crippen LogP contribution in [0, 0.1) is 0 Å². The Bertz CT molecular complexity index is 661. The van der Waals surface area contributed by atoms with Gasteiger partial charge >= 0.3 is 0 Å². The van der Waals surface area contributed by atoms with Crippen molar-refractivity contribution < 1.29 is 14.3 Å². The largest absolute Gasteiger partial charge is 0.496 e. The number of anilines is 1. The van der Waals surface area contributed by atoms with Crippen molar-refractivity contribution in [3.63, 3.8) is 0 Å². The smallest absolute Gasteiger partial charge is 0.253 e. The highest BCUT2D eigenvalue weighted by molar-refractivity contribution is 5.94. The van der Waals surface area contributed by atoms with Crippen molar-refractivity contribution in [3.8, 4) is 5.75 Å². The second-order valence-electron chi connectivity index (χ2n) is 5.23. The van der Waals surface area contributed by atoms with Gasteiger partial charge in [-0.05, 0) is 18.6 Å². The third-order valence-corrected chi connectivity index (χ3v) is 3.49. The molecule has 0 bridgehead atoms. The number of carbonyl (C=O) groups excluding carboxylic acids is 1. The monoisotopic (exact) mass is 329 g/mol. The Hall–Kier alpha value is -2.60. The Balaban J connectivity index is 1.92. The number of pyridine rings is 1. The van der Waals surface area contributed by atoms with Gasteiger partial charge in [0, 0.05) is 44.8 Å². The minimum atomic E-state index is -0.172. The number of nitrogens with one attached hydrogen (secondary N) is 2. The van der Waals surface area contributed by atoms with Crippen LogP contribution in [0.5, 0.6) is 5.75 Å². The van der Waals surface area contributed by atoms with E-state index in [2.05, 4.69) is 15.6 Å². The van der Waals surface area contributed by atoms with Crippen LogP contribution >= 0.6 is 0 Å². The van der Waals surface area contributed by atoms with Gasteiger partial charge in [0.25, 0.3) is 5.91 Å². The zero-order chi connectivity index (χ0) is 17.2. The summed E-state index contributed by atoms with van der Waals surface area (Å²) in [5, 5.41) is 6.11. The van der Waals surface area contributed by atoms with E-state index in [1.165, 1.54) is 0 Å². The molecule has 0 fully saturated rings. The summed E-state index contributed by atoms with van der Waals surface area (Å²) in [7, 11) is 3.29. The summed E-state index contributed by atoms with van der Waals surface area (Å²) < 4.78 is 10.3. The van der Waals surface area contributed by atoms with Crippen LogP contribution < -0.4 is 15.4 Å². The van der Waals surface area contributed by atoms with Gasteiger partial charge in [0.1, 0.15) is 5.75 Å². The Morgan fingerprint density at radius 1 is 1.21 bits per heavy atom. The summed E-state index contributed by atoms with van der Waals surface area (Å²) in [5.41, 5.74) is 2.26. The van der Waals surface area contributed by atoms with Gasteiger partial charge in [0.2, 0.25) is 0 Å². The fraction of sp³-hybridized carbons (Fsp3) is 0.333. The number of nitrogens with zero attached hydrogens (tertiary/aromatic N) is 1. The number of ether oxygens (including phenoxy) is 2. The van der Waals surface area contributed by atoms with E-state index in [4.69, 9.17) is 9.47 Å². The number of amides is 1. The second kappa shape index (κ2) is 9.52. The maximum atomic E-state index is 12.3. The van der Waals surface area contributed by atoms with Crippen LogP contribution in [-0.2, 0) is 11.3 Å². The summed E-state index contributed by atoms with van der Waals surface area (Å²) in [4.78, 5) is 16.4. The second-order valence-corrected chi connectivity index (χ2v) is 5.23. The molecule has 2 rings (SSSR count). The lowest BCUT2D eigenvalue weighted by Gasteiger charge is -2.10. The van der Waals surface area contributed by atoms with Crippen molar-refractivity contribution >= 4 is 11.6 Å². The molecule has 2 N–H and O–H groups in total. The van der Waals surface area contributed by atoms with Crippen LogP contribution in [-0.4, -0.2) is 38.3 Å². The van der Waals surface area contributed by atoms with Crippen molar-refractivity contribution in [2.75, 3.05) is 32.7 Å². The molecule has 6 heteroatoms. The zero-order valence-electron chi connectivity index (χ0n) is 14.0. The molecule has 0 saturated carbocycles. The van der Waals surface area contributed by atoms with Gasteiger partial charge in [-0.3, -0.25) is 9.78 Å². The van der Waals surface area contributed by atoms with Crippen LogP contribution in [0.25, 0.3) is 0 Å². The van der Waals surface area contributed by atoms with E-state index < -0.39 is 0 Å². The molecule has 0 aliphatic carbocycles. The molecule has 1 heterocycles. The number of methoxy groups -OCH3 is 2. The molecule has 0 aliphatic rings. The first-order valence-electron chi connectivity index (χ1n) is 7.82. The Labute approximate surface area is 142 Å². The Morgan fingerprint density at radius 2 is 2.04 bits per heavy atom. The molecule has 0 saturated heterocycles. The predicted molar refractivity (Wildman–Crippen MR) is 93.4 cm³/mol. The fourth-order valence-corrected chi connectivity index (χ4v) is 2.24. The van der Waals surface area contributed by atoms with E-state index in [0.717, 1.165) is 30.0 Å². The number of para-hydroxylation sites is 1. The molecular weight excluding hydrogens is 306 g/mol. The molecule has 2 aromatic rings. The molecule has 0 atom stereocenters. The van der Waals surface area contributed by atoms with Crippen molar-refractivity contribution in [2.24, 2.45) is 0 Å². The van der Waals surface area contributed by atoms with Gasteiger partial charge < -0.3 is 20.1 Å². The minimum absolute atomic E-state index is 0.172. The Kier molecular flexibility index (Phi) is 7.04. The normalized spacial score (nSPS) is 10.2. The van der Waals surface area contributed by atoms with Crippen molar-refractivity contribution in [3.05, 3.63) is 53.9 Å². The van der Waals surface area contributed by atoms with E-state index in [1.54, 1.807) is 32.7 Å². The van der Waals surface area contributed by atoms with E-state index in [1.807, 2.05) is 24.3 Å². The van der Waals surface area contributed by atoms with Crippen LogP contribution in [0.2, 0.25) is 0 Å². The van der Waals surface area contributed by atoms with Gasteiger partial charge in [-0.25, -0.2) is 0 Å². The molecular formula is C18H23N3O3. The molecule has 0 aliphatic heterocycles. The number of carbonyl (C=O) groups is 1.